The van der Waals surface area contributed by atoms with Gasteiger partial charge in [-0.15, -0.1) is 0 Å². The van der Waals surface area contributed by atoms with Gasteiger partial charge in [0.05, 0.1) is 0 Å². The normalized spacial score (nSPS) is 31.0. The lowest BCUT2D eigenvalue weighted by molar-refractivity contribution is 0.243. The standard InChI is InChI=1S/C9H20O2Si/c1-8-4-6-9(7-5-8)12(10-2)11-3/h8-9,12H,4-7H2,1-3H3. The summed E-state index contributed by atoms with van der Waals surface area (Å²) in [6.07, 6.45) is 5.36. The Hall–Kier alpha value is 0.137. The Morgan fingerprint density at radius 2 is 1.50 bits per heavy atom. The van der Waals surface area contributed by atoms with E-state index in [1.54, 1.807) is 14.2 Å². The molecule has 0 aromatic carbocycles. The minimum Gasteiger partial charge on any atom is -0.400 e. The average Bonchev–Trinajstić information content (AvgIpc) is 2.10. The van der Waals surface area contributed by atoms with Crippen molar-refractivity contribution in [1.82, 2.24) is 0 Å². The molecule has 1 rings (SSSR count). The summed E-state index contributed by atoms with van der Waals surface area (Å²) in [7, 11) is 2.28. The first kappa shape index (κ1) is 10.2. The van der Waals surface area contributed by atoms with Gasteiger partial charge in [0.15, 0.2) is 0 Å². The molecule has 0 heterocycles. The number of hydrogen-bond donors (Lipinski definition) is 0. The van der Waals surface area contributed by atoms with Crippen LogP contribution in [0.4, 0.5) is 0 Å². The molecule has 0 radical (unpaired) electrons. The summed E-state index contributed by atoms with van der Waals surface area (Å²) < 4.78 is 10.8. The van der Waals surface area contributed by atoms with Crippen molar-refractivity contribution in [3.8, 4) is 0 Å². The van der Waals surface area contributed by atoms with Gasteiger partial charge in [-0.25, -0.2) is 0 Å². The third-order valence-corrected chi connectivity index (χ3v) is 5.28. The predicted octanol–water partition coefficient (Wildman–Crippen LogP) is 2.08. The molecule has 0 aliphatic heterocycles. The molecule has 3 heteroatoms. The van der Waals surface area contributed by atoms with E-state index in [1.165, 1.54) is 25.7 Å². The van der Waals surface area contributed by atoms with E-state index in [2.05, 4.69) is 6.92 Å². The van der Waals surface area contributed by atoms with Crippen molar-refractivity contribution in [2.45, 2.75) is 38.1 Å². The molecule has 0 unspecified atom stereocenters. The molecule has 0 aromatic heterocycles. The van der Waals surface area contributed by atoms with Crippen LogP contribution < -0.4 is 0 Å². The molecule has 1 fully saturated rings. The van der Waals surface area contributed by atoms with Crippen LogP contribution in [0.15, 0.2) is 0 Å². The topological polar surface area (TPSA) is 18.5 Å². The maximum atomic E-state index is 5.39. The molecule has 0 atom stereocenters. The fourth-order valence-electron chi connectivity index (χ4n) is 2.04. The highest BCUT2D eigenvalue weighted by Crippen LogP contribution is 2.34. The van der Waals surface area contributed by atoms with Gasteiger partial charge in [-0.1, -0.05) is 19.8 Å². The lowest BCUT2D eigenvalue weighted by atomic mass is 9.90. The number of rotatable bonds is 3. The van der Waals surface area contributed by atoms with Crippen LogP contribution in [0.5, 0.6) is 0 Å². The van der Waals surface area contributed by atoms with Crippen molar-refractivity contribution >= 4 is 9.28 Å². The van der Waals surface area contributed by atoms with Gasteiger partial charge < -0.3 is 8.85 Å². The molecule has 2 nitrogen and oxygen atoms in total. The lowest BCUT2D eigenvalue weighted by Gasteiger charge is -2.29. The first-order valence-electron chi connectivity index (χ1n) is 4.83. The lowest BCUT2D eigenvalue weighted by Crippen LogP contribution is -2.29. The molecule has 0 bridgehead atoms. The fourth-order valence-corrected chi connectivity index (χ4v) is 3.93. The van der Waals surface area contributed by atoms with E-state index in [1.807, 2.05) is 0 Å². The quantitative estimate of drug-likeness (QED) is 0.631. The molecule has 0 amide bonds. The van der Waals surface area contributed by atoms with Gasteiger partial charge in [-0.05, 0) is 24.3 Å². The average molecular weight is 188 g/mol. The molecule has 1 aliphatic rings. The second-order valence-corrected chi connectivity index (χ2v) is 6.48. The van der Waals surface area contributed by atoms with Gasteiger partial charge in [-0.3, -0.25) is 0 Å². The summed E-state index contributed by atoms with van der Waals surface area (Å²) in [6, 6.07) is 0. The van der Waals surface area contributed by atoms with Crippen molar-refractivity contribution in [2.24, 2.45) is 5.92 Å². The summed E-state index contributed by atoms with van der Waals surface area (Å²) in [5.74, 6) is 0.921. The summed E-state index contributed by atoms with van der Waals surface area (Å²) in [5, 5.41) is 0. The third-order valence-electron chi connectivity index (χ3n) is 2.91. The molecule has 72 valence electrons. The van der Waals surface area contributed by atoms with Crippen molar-refractivity contribution in [1.29, 1.82) is 0 Å². The molecule has 0 saturated heterocycles. The van der Waals surface area contributed by atoms with Crippen LogP contribution in [0.2, 0.25) is 5.54 Å². The second kappa shape index (κ2) is 4.99. The molecular formula is C9H20O2Si. The Bertz CT molecular complexity index is 118. The highest BCUT2D eigenvalue weighted by molar-refractivity contribution is 6.46. The fraction of sp³-hybridized carbons (Fsp3) is 1.00. The summed E-state index contributed by atoms with van der Waals surface area (Å²) in [5.41, 5.74) is 0.760. The maximum absolute atomic E-state index is 5.39. The zero-order chi connectivity index (χ0) is 8.97. The van der Waals surface area contributed by atoms with Crippen LogP contribution in [0.25, 0.3) is 0 Å². The largest absolute Gasteiger partial charge is 0.400 e. The zero-order valence-corrected chi connectivity index (χ0v) is 9.53. The van der Waals surface area contributed by atoms with Crippen LogP contribution in [-0.4, -0.2) is 23.5 Å². The summed E-state index contributed by atoms with van der Waals surface area (Å²) >= 11 is 0. The van der Waals surface area contributed by atoms with E-state index >= 15 is 0 Å². The van der Waals surface area contributed by atoms with Gasteiger partial charge in [0.1, 0.15) is 0 Å². The Kier molecular flexibility index (Phi) is 4.25. The minimum atomic E-state index is -1.30. The second-order valence-electron chi connectivity index (χ2n) is 3.86. The van der Waals surface area contributed by atoms with E-state index < -0.39 is 9.28 Å². The zero-order valence-electron chi connectivity index (χ0n) is 8.38. The molecule has 0 aromatic rings. The summed E-state index contributed by atoms with van der Waals surface area (Å²) in [6.45, 7) is 2.34. The Morgan fingerprint density at radius 1 is 1.00 bits per heavy atom. The van der Waals surface area contributed by atoms with Gasteiger partial charge in [-0.2, -0.15) is 0 Å². The highest BCUT2D eigenvalue weighted by Gasteiger charge is 2.28. The van der Waals surface area contributed by atoms with Gasteiger partial charge in [0.2, 0.25) is 0 Å². The molecular weight excluding hydrogens is 168 g/mol. The van der Waals surface area contributed by atoms with Gasteiger partial charge >= 0.3 is 9.28 Å². The molecule has 1 saturated carbocycles. The SMILES string of the molecule is CO[SiH](OC)C1CCC(C)CC1. The monoisotopic (exact) mass is 188 g/mol. The van der Waals surface area contributed by atoms with Crippen LogP contribution in [-0.2, 0) is 8.85 Å². The first-order chi connectivity index (χ1) is 5.77. The van der Waals surface area contributed by atoms with Crippen LogP contribution in [0, 0.1) is 5.92 Å². The third kappa shape index (κ3) is 2.57. The molecule has 0 N–H and O–H groups in total. The Labute approximate surface area is 77.1 Å². The van der Waals surface area contributed by atoms with Crippen molar-refractivity contribution < 1.29 is 8.85 Å². The van der Waals surface area contributed by atoms with E-state index in [4.69, 9.17) is 8.85 Å². The summed E-state index contributed by atoms with van der Waals surface area (Å²) in [4.78, 5) is 0. The van der Waals surface area contributed by atoms with Crippen LogP contribution in [0.1, 0.15) is 32.6 Å². The Morgan fingerprint density at radius 3 is 1.92 bits per heavy atom. The maximum Gasteiger partial charge on any atom is 0.324 e. The molecule has 12 heavy (non-hydrogen) atoms. The Balaban J connectivity index is 2.32. The first-order valence-corrected chi connectivity index (χ1v) is 6.44. The van der Waals surface area contributed by atoms with E-state index in [-0.39, 0.29) is 0 Å². The molecule has 1 aliphatic carbocycles. The highest BCUT2D eigenvalue weighted by atomic mass is 28.3. The number of hydrogen-bond acceptors (Lipinski definition) is 2. The van der Waals surface area contributed by atoms with Crippen LogP contribution in [0.3, 0.4) is 0 Å². The smallest absolute Gasteiger partial charge is 0.324 e. The minimum absolute atomic E-state index is 0.760. The van der Waals surface area contributed by atoms with E-state index in [0.717, 1.165) is 11.5 Å². The predicted molar refractivity (Wildman–Crippen MR) is 52.5 cm³/mol. The van der Waals surface area contributed by atoms with Crippen molar-refractivity contribution in [3.63, 3.8) is 0 Å². The van der Waals surface area contributed by atoms with E-state index in [9.17, 15) is 0 Å². The van der Waals surface area contributed by atoms with Crippen LogP contribution >= 0.6 is 0 Å². The molecule has 0 spiro atoms. The van der Waals surface area contributed by atoms with Crippen molar-refractivity contribution in [2.75, 3.05) is 14.2 Å². The van der Waals surface area contributed by atoms with E-state index in [0.29, 0.717) is 0 Å². The van der Waals surface area contributed by atoms with Crippen molar-refractivity contribution in [3.05, 3.63) is 0 Å². The van der Waals surface area contributed by atoms with Gasteiger partial charge in [0.25, 0.3) is 0 Å². The van der Waals surface area contributed by atoms with Gasteiger partial charge in [0, 0.05) is 14.2 Å².